The molecule has 1 aliphatic rings. The molecule has 0 saturated heterocycles. The number of benzene rings is 3. The van der Waals surface area contributed by atoms with Crippen LogP contribution in [0.4, 0.5) is 15.8 Å². The minimum atomic E-state index is -0.564. The van der Waals surface area contributed by atoms with E-state index in [2.05, 4.69) is 42.7 Å². The van der Waals surface area contributed by atoms with Gasteiger partial charge in [-0.1, -0.05) is 18.2 Å². The molecule has 7 heteroatoms. The average Bonchev–Trinajstić information content (AvgIpc) is 3.34. The highest BCUT2D eigenvalue weighted by atomic mass is 19.1. The summed E-state index contributed by atoms with van der Waals surface area (Å²) in [6, 6.07) is 18.0. The van der Waals surface area contributed by atoms with Gasteiger partial charge in [0.05, 0.1) is 18.9 Å². The number of aryl methyl sites for hydroxylation is 2. The van der Waals surface area contributed by atoms with Crippen LogP contribution >= 0.6 is 0 Å². The maximum Gasteiger partial charge on any atom is 0.379 e. The number of methoxy groups -OCH3 is 1. The van der Waals surface area contributed by atoms with Crippen molar-refractivity contribution in [2.45, 2.75) is 33.2 Å². The van der Waals surface area contributed by atoms with Crippen LogP contribution in [0.2, 0.25) is 0 Å². The molecule has 0 atom stereocenters. The first-order valence-electron chi connectivity index (χ1n) is 12.7. The fourth-order valence-corrected chi connectivity index (χ4v) is 4.81. The third kappa shape index (κ3) is 5.53. The Morgan fingerprint density at radius 1 is 1.00 bits per heavy atom. The topological polar surface area (TPSA) is 72.7 Å². The van der Waals surface area contributed by atoms with E-state index in [0.717, 1.165) is 39.2 Å². The second-order valence-corrected chi connectivity index (χ2v) is 10.3. The van der Waals surface area contributed by atoms with Gasteiger partial charge in [0.15, 0.2) is 0 Å². The van der Waals surface area contributed by atoms with Crippen LogP contribution in [0, 0.1) is 19.7 Å². The Kier molecular flexibility index (Phi) is 6.91. The van der Waals surface area contributed by atoms with Crippen molar-refractivity contribution < 1.29 is 23.1 Å². The van der Waals surface area contributed by atoms with Gasteiger partial charge in [0.2, 0.25) is 5.76 Å². The molecule has 0 unspecified atom stereocenters. The number of ether oxygens (including phenoxy) is 2. The van der Waals surface area contributed by atoms with Crippen LogP contribution < -0.4 is 20.1 Å². The van der Waals surface area contributed by atoms with Crippen LogP contribution in [0.15, 0.2) is 77.4 Å². The highest BCUT2D eigenvalue weighted by Crippen LogP contribution is 2.40. The molecule has 39 heavy (non-hydrogen) atoms. The summed E-state index contributed by atoms with van der Waals surface area (Å²) in [5.41, 5.74) is 7.15. The van der Waals surface area contributed by atoms with E-state index in [0.29, 0.717) is 23.6 Å². The van der Waals surface area contributed by atoms with Gasteiger partial charge in [-0.05, 0) is 86.9 Å². The predicted molar refractivity (Wildman–Crippen MR) is 152 cm³/mol. The van der Waals surface area contributed by atoms with E-state index in [9.17, 15) is 9.18 Å². The van der Waals surface area contributed by atoms with Crippen LogP contribution in [0.1, 0.15) is 41.1 Å². The standard InChI is InChI=1S/C32H31FN2O4/c1-19-6-8-23(33)15-28(19)34-18-22-17-32(3,4)35-27-11-7-21(14-26(22)27)25-10-9-24(16-29(25)37-5)39-31(36)30-20(2)12-13-38-30/h6-17,34-35H,18H2,1-5H3. The molecule has 2 heterocycles. The van der Waals surface area contributed by atoms with E-state index in [1.807, 2.05) is 19.1 Å². The molecule has 0 radical (unpaired) electrons. The fraction of sp³-hybridized carbons (Fsp3) is 0.219. The lowest BCUT2D eigenvalue weighted by Gasteiger charge is -2.33. The number of hydrogen-bond donors (Lipinski definition) is 2. The van der Waals surface area contributed by atoms with Crippen LogP contribution in [-0.4, -0.2) is 25.2 Å². The van der Waals surface area contributed by atoms with E-state index in [-0.39, 0.29) is 17.1 Å². The molecule has 2 N–H and O–H groups in total. The van der Waals surface area contributed by atoms with Gasteiger partial charge in [0, 0.05) is 40.7 Å². The molecule has 0 saturated carbocycles. The van der Waals surface area contributed by atoms with Crippen LogP contribution in [0.3, 0.4) is 0 Å². The number of carbonyl (C=O) groups is 1. The molecule has 1 aromatic heterocycles. The molecule has 200 valence electrons. The smallest absolute Gasteiger partial charge is 0.379 e. The number of rotatable bonds is 7. The molecular formula is C32H31FN2O4. The van der Waals surface area contributed by atoms with Crippen molar-refractivity contribution in [3.8, 4) is 22.6 Å². The highest BCUT2D eigenvalue weighted by molar-refractivity contribution is 5.90. The van der Waals surface area contributed by atoms with Crippen molar-refractivity contribution in [3.05, 3.63) is 101 Å². The molecular weight excluding hydrogens is 495 g/mol. The number of furan rings is 1. The lowest BCUT2D eigenvalue weighted by molar-refractivity contribution is 0.0700. The number of carbonyl (C=O) groups excluding carboxylic acids is 1. The Balaban J connectivity index is 1.44. The largest absolute Gasteiger partial charge is 0.496 e. The molecule has 5 rings (SSSR count). The third-order valence-electron chi connectivity index (χ3n) is 6.77. The third-order valence-corrected chi connectivity index (χ3v) is 6.77. The van der Waals surface area contributed by atoms with Crippen molar-refractivity contribution in [2.24, 2.45) is 0 Å². The minimum absolute atomic E-state index is 0.171. The van der Waals surface area contributed by atoms with E-state index < -0.39 is 5.97 Å². The lowest BCUT2D eigenvalue weighted by Crippen LogP contribution is -2.32. The van der Waals surface area contributed by atoms with Crippen molar-refractivity contribution in [2.75, 3.05) is 24.3 Å². The molecule has 4 aromatic rings. The van der Waals surface area contributed by atoms with Gasteiger partial charge in [0.1, 0.15) is 17.3 Å². The molecule has 1 aliphatic heterocycles. The first kappa shape index (κ1) is 26.1. The maximum absolute atomic E-state index is 13.9. The van der Waals surface area contributed by atoms with Gasteiger partial charge < -0.3 is 24.5 Å². The fourth-order valence-electron chi connectivity index (χ4n) is 4.81. The Morgan fingerprint density at radius 3 is 2.56 bits per heavy atom. The van der Waals surface area contributed by atoms with E-state index >= 15 is 0 Å². The summed E-state index contributed by atoms with van der Waals surface area (Å²) < 4.78 is 30.3. The van der Waals surface area contributed by atoms with Crippen molar-refractivity contribution in [3.63, 3.8) is 0 Å². The molecule has 0 bridgehead atoms. The van der Waals surface area contributed by atoms with Gasteiger partial charge in [-0.3, -0.25) is 0 Å². The Bertz CT molecular complexity index is 1590. The maximum atomic E-state index is 13.9. The second kappa shape index (κ2) is 10.3. The first-order chi connectivity index (χ1) is 18.6. The summed E-state index contributed by atoms with van der Waals surface area (Å²) in [5, 5.41) is 6.99. The lowest BCUT2D eigenvalue weighted by atomic mass is 9.88. The quantitative estimate of drug-likeness (QED) is 0.191. The zero-order valence-corrected chi connectivity index (χ0v) is 22.6. The Morgan fingerprint density at radius 2 is 1.82 bits per heavy atom. The van der Waals surface area contributed by atoms with Crippen LogP contribution in [0.25, 0.3) is 16.7 Å². The van der Waals surface area contributed by atoms with Crippen molar-refractivity contribution in [1.29, 1.82) is 0 Å². The zero-order valence-electron chi connectivity index (χ0n) is 22.6. The Hall–Kier alpha value is -4.52. The summed E-state index contributed by atoms with van der Waals surface area (Å²) in [6.07, 6.45) is 3.65. The van der Waals surface area contributed by atoms with Crippen molar-refractivity contribution >= 4 is 22.9 Å². The summed E-state index contributed by atoms with van der Waals surface area (Å²) in [7, 11) is 1.58. The summed E-state index contributed by atoms with van der Waals surface area (Å²) in [6.45, 7) is 8.50. The summed E-state index contributed by atoms with van der Waals surface area (Å²) >= 11 is 0. The average molecular weight is 527 g/mol. The second-order valence-electron chi connectivity index (χ2n) is 10.3. The number of fused-ring (bicyclic) bond motifs is 1. The number of nitrogens with one attached hydrogen (secondary N) is 2. The molecule has 0 fully saturated rings. The minimum Gasteiger partial charge on any atom is -0.496 e. The molecule has 3 aromatic carbocycles. The summed E-state index contributed by atoms with van der Waals surface area (Å²) in [5.74, 6) is 0.258. The van der Waals surface area contributed by atoms with E-state index in [1.54, 1.807) is 38.3 Å². The predicted octanol–water partition coefficient (Wildman–Crippen LogP) is 7.63. The van der Waals surface area contributed by atoms with Gasteiger partial charge in [-0.15, -0.1) is 0 Å². The SMILES string of the molecule is COc1cc(OC(=O)c2occc2C)ccc1-c1ccc2c(c1)C(CNc1cc(F)ccc1C)=CC(C)(C)N2. The van der Waals surface area contributed by atoms with E-state index in [1.165, 1.54) is 18.4 Å². The number of esters is 1. The van der Waals surface area contributed by atoms with Crippen molar-refractivity contribution in [1.82, 2.24) is 0 Å². The number of anilines is 2. The van der Waals surface area contributed by atoms with Gasteiger partial charge in [0.25, 0.3) is 0 Å². The monoisotopic (exact) mass is 526 g/mol. The zero-order chi connectivity index (χ0) is 27.7. The molecule has 0 amide bonds. The highest BCUT2D eigenvalue weighted by Gasteiger charge is 2.25. The van der Waals surface area contributed by atoms with Crippen LogP contribution in [-0.2, 0) is 0 Å². The van der Waals surface area contributed by atoms with Crippen LogP contribution in [0.5, 0.6) is 11.5 Å². The van der Waals surface area contributed by atoms with Gasteiger partial charge in [-0.2, -0.15) is 0 Å². The normalized spacial score (nSPS) is 13.6. The van der Waals surface area contributed by atoms with Gasteiger partial charge in [-0.25, -0.2) is 9.18 Å². The first-order valence-corrected chi connectivity index (χ1v) is 12.7. The summed E-state index contributed by atoms with van der Waals surface area (Å²) in [4.78, 5) is 12.5. The molecule has 0 aliphatic carbocycles. The number of halogens is 1. The molecule has 0 spiro atoms. The van der Waals surface area contributed by atoms with Gasteiger partial charge >= 0.3 is 5.97 Å². The van der Waals surface area contributed by atoms with E-state index in [4.69, 9.17) is 13.9 Å². The molecule has 6 nitrogen and oxygen atoms in total. The number of hydrogen-bond acceptors (Lipinski definition) is 6. The Labute approximate surface area is 227 Å².